The minimum Gasteiger partial charge on any atom is -0.424 e. The molecule has 112 valence electrons. The number of nitrogens with zero attached hydrogens (tertiary/aromatic N) is 1. The molecule has 0 aliphatic carbocycles. The van der Waals surface area contributed by atoms with Gasteiger partial charge in [-0.2, -0.15) is 0 Å². The molecular weight excluding hydrogens is 262 g/mol. The van der Waals surface area contributed by atoms with Crippen molar-refractivity contribution in [3.05, 3.63) is 0 Å². The van der Waals surface area contributed by atoms with Gasteiger partial charge < -0.3 is 19.8 Å². The first-order chi connectivity index (χ1) is 9.33. The molecule has 1 saturated heterocycles. The van der Waals surface area contributed by atoms with E-state index in [1.165, 1.54) is 0 Å². The van der Waals surface area contributed by atoms with Crippen molar-refractivity contribution in [2.24, 2.45) is 0 Å². The van der Waals surface area contributed by atoms with Gasteiger partial charge in [0.2, 0.25) is 0 Å². The van der Waals surface area contributed by atoms with Gasteiger partial charge in [0.05, 0.1) is 13.2 Å². The Morgan fingerprint density at radius 1 is 1.32 bits per heavy atom. The minimum atomic E-state index is -0.353. The van der Waals surface area contributed by atoms with Crippen LogP contribution < -0.4 is 10.6 Å². The van der Waals surface area contributed by atoms with E-state index >= 15 is 0 Å². The Labute approximate surface area is 118 Å². The fraction of sp³-hybridized carbons (Fsp3) is 0.917. The summed E-state index contributed by atoms with van der Waals surface area (Å²) < 4.78 is 10.6. The molecule has 1 rings (SSSR count). The van der Waals surface area contributed by atoms with Gasteiger partial charge in [-0.1, -0.05) is 0 Å². The number of nitrogens with one attached hydrogen (secondary N) is 2. The van der Waals surface area contributed by atoms with E-state index in [2.05, 4.69) is 15.5 Å². The molecule has 0 bridgehead atoms. The van der Waals surface area contributed by atoms with Crippen molar-refractivity contribution in [3.63, 3.8) is 0 Å². The summed E-state index contributed by atoms with van der Waals surface area (Å²) in [6.45, 7) is 8.70. The van der Waals surface area contributed by atoms with Crippen LogP contribution in [-0.4, -0.2) is 73.2 Å². The zero-order chi connectivity index (χ0) is 13.8. The van der Waals surface area contributed by atoms with Crippen LogP contribution in [0.4, 0.5) is 4.79 Å². The monoisotopic (exact) mass is 289 g/mol. The van der Waals surface area contributed by atoms with Crippen molar-refractivity contribution < 1.29 is 14.0 Å². The van der Waals surface area contributed by atoms with E-state index in [1.54, 1.807) is 0 Å². The second-order valence-corrected chi connectivity index (χ2v) is 6.06. The number of morpholine rings is 1. The van der Waals surface area contributed by atoms with E-state index in [4.69, 9.17) is 9.16 Å². The molecule has 0 aromatic carbocycles. The SMILES string of the molecule is CCO[SiH2]CCCNC(=O)NCCN1CCOCC1. The van der Waals surface area contributed by atoms with E-state index in [0.29, 0.717) is 6.54 Å². The summed E-state index contributed by atoms with van der Waals surface area (Å²) in [5, 5.41) is 5.75. The maximum atomic E-state index is 11.5. The summed E-state index contributed by atoms with van der Waals surface area (Å²) in [6, 6.07) is 1.06. The predicted octanol–water partition coefficient (Wildman–Crippen LogP) is -0.453. The lowest BCUT2D eigenvalue weighted by Crippen LogP contribution is -2.43. The molecule has 0 aromatic rings. The molecule has 19 heavy (non-hydrogen) atoms. The highest BCUT2D eigenvalue weighted by molar-refractivity contribution is 6.26. The number of ether oxygens (including phenoxy) is 1. The van der Waals surface area contributed by atoms with Crippen LogP contribution in [-0.2, 0) is 9.16 Å². The minimum absolute atomic E-state index is 0.0636. The van der Waals surface area contributed by atoms with Gasteiger partial charge in [0.1, 0.15) is 0 Å². The summed E-state index contributed by atoms with van der Waals surface area (Å²) in [7, 11) is -0.353. The second-order valence-electron chi connectivity index (χ2n) is 4.54. The Kier molecular flexibility index (Phi) is 9.69. The van der Waals surface area contributed by atoms with Gasteiger partial charge in [0.25, 0.3) is 0 Å². The number of hydrogen-bond donors (Lipinski definition) is 2. The third-order valence-corrected chi connectivity index (χ3v) is 4.51. The maximum Gasteiger partial charge on any atom is 0.314 e. The third-order valence-electron chi connectivity index (χ3n) is 3.02. The Morgan fingerprint density at radius 2 is 2.05 bits per heavy atom. The molecule has 2 N–H and O–H groups in total. The van der Waals surface area contributed by atoms with Crippen LogP contribution in [0.15, 0.2) is 0 Å². The summed E-state index contributed by atoms with van der Waals surface area (Å²) in [5.74, 6) is 0. The number of rotatable bonds is 9. The van der Waals surface area contributed by atoms with E-state index in [1.807, 2.05) is 6.92 Å². The lowest BCUT2D eigenvalue weighted by Gasteiger charge is -2.26. The largest absolute Gasteiger partial charge is 0.424 e. The molecule has 0 atom stereocenters. The zero-order valence-corrected chi connectivity index (χ0v) is 13.4. The quantitative estimate of drug-likeness (QED) is 0.446. The molecule has 1 fully saturated rings. The molecule has 1 aliphatic heterocycles. The highest BCUT2D eigenvalue weighted by Gasteiger charge is 2.09. The predicted molar refractivity (Wildman–Crippen MR) is 78.3 cm³/mol. The normalized spacial score (nSPS) is 16.9. The van der Waals surface area contributed by atoms with Crippen molar-refractivity contribution >= 4 is 15.8 Å². The van der Waals surface area contributed by atoms with Gasteiger partial charge in [0, 0.05) is 39.3 Å². The third kappa shape index (κ3) is 8.98. The topological polar surface area (TPSA) is 62.8 Å². The van der Waals surface area contributed by atoms with E-state index in [9.17, 15) is 4.79 Å². The first kappa shape index (κ1) is 16.4. The molecule has 0 radical (unpaired) electrons. The lowest BCUT2D eigenvalue weighted by molar-refractivity contribution is 0.0387. The first-order valence-corrected chi connectivity index (χ1v) is 8.80. The fourth-order valence-electron chi connectivity index (χ4n) is 1.89. The molecule has 7 heteroatoms. The molecule has 1 heterocycles. The summed E-state index contributed by atoms with van der Waals surface area (Å²) in [4.78, 5) is 13.8. The van der Waals surface area contributed by atoms with E-state index < -0.39 is 0 Å². The van der Waals surface area contributed by atoms with Crippen LogP contribution >= 0.6 is 0 Å². The standard InChI is InChI=1S/C12H27N3O3Si/c1-2-18-19-11-3-4-13-12(16)14-5-6-15-7-9-17-10-8-15/h2-11,19H2,1H3,(H2,13,14,16). The zero-order valence-electron chi connectivity index (χ0n) is 12.0. The second kappa shape index (κ2) is 11.2. The maximum absolute atomic E-state index is 11.5. The molecular formula is C12H27N3O3Si. The van der Waals surface area contributed by atoms with Crippen LogP contribution in [0.5, 0.6) is 0 Å². The molecule has 2 amide bonds. The lowest BCUT2D eigenvalue weighted by atomic mass is 10.4. The average Bonchev–Trinajstić information content (AvgIpc) is 2.44. The van der Waals surface area contributed by atoms with Crippen molar-refractivity contribution in [1.29, 1.82) is 0 Å². The number of carbonyl (C=O) groups excluding carboxylic acids is 1. The Morgan fingerprint density at radius 3 is 2.79 bits per heavy atom. The summed E-state index contributed by atoms with van der Waals surface area (Å²) in [6.07, 6.45) is 1.02. The average molecular weight is 289 g/mol. The van der Waals surface area contributed by atoms with Crippen molar-refractivity contribution in [3.8, 4) is 0 Å². The number of hydrogen-bond acceptors (Lipinski definition) is 4. The molecule has 0 saturated carbocycles. The number of amides is 2. The number of carbonyl (C=O) groups is 1. The number of urea groups is 1. The smallest absolute Gasteiger partial charge is 0.314 e. The van der Waals surface area contributed by atoms with Gasteiger partial charge in [0.15, 0.2) is 9.76 Å². The van der Waals surface area contributed by atoms with Crippen LogP contribution in [0.25, 0.3) is 0 Å². The van der Waals surface area contributed by atoms with Gasteiger partial charge in [-0.05, 0) is 19.4 Å². The highest BCUT2D eigenvalue weighted by atomic mass is 28.2. The Bertz CT molecular complexity index is 238. The first-order valence-electron chi connectivity index (χ1n) is 7.22. The van der Waals surface area contributed by atoms with Crippen molar-refractivity contribution in [2.75, 3.05) is 52.5 Å². The van der Waals surface area contributed by atoms with E-state index in [-0.39, 0.29) is 15.8 Å². The fourth-order valence-corrected chi connectivity index (χ4v) is 2.84. The Balaban J connectivity index is 1.87. The molecule has 1 aliphatic rings. The van der Waals surface area contributed by atoms with Gasteiger partial charge >= 0.3 is 6.03 Å². The van der Waals surface area contributed by atoms with Crippen molar-refractivity contribution in [2.45, 2.75) is 19.4 Å². The molecule has 0 unspecified atom stereocenters. The summed E-state index contributed by atoms with van der Waals surface area (Å²) >= 11 is 0. The van der Waals surface area contributed by atoms with Gasteiger partial charge in [-0.15, -0.1) is 0 Å². The Hall–Kier alpha value is -0.633. The van der Waals surface area contributed by atoms with Gasteiger partial charge in [-0.3, -0.25) is 4.90 Å². The van der Waals surface area contributed by atoms with Crippen LogP contribution in [0.2, 0.25) is 6.04 Å². The highest BCUT2D eigenvalue weighted by Crippen LogP contribution is 1.94. The van der Waals surface area contributed by atoms with Crippen LogP contribution in [0, 0.1) is 0 Å². The summed E-state index contributed by atoms with van der Waals surface area (Å²) in [5.41, 5.74) is 0. The molecule has 0 aromatic heterocycles. The molecule has 0 spiro atoms. The molecule has 6 nitrogen and oxygen atoms in total. The van der Waals surface area contributed by atoms with E-state index in [0.717, 1.165) is 58.5 Å². The van der Waals surface area contributed by atoms with Crippen molar-refractivity contribution in [1.82, 2.24) is 15.5 Å². The van der Waals surface area contributed by atoms with Gasteiger partial charge in [-0.25, -0.2) is 4.79 Å². The van der Waals surface area contributed by atoms with Crippen LogP contribution in [0.3, 0.4) is 0 Å². The van der Waals surface area contributed by atoms with Crippen LogP contribution in [0.1, 0.15) is 13.3 Å².